The summed E-state index contributed by atoms with van der Waals surface area (Å²) in [6.07, 6.45) is 4.65. The zero-order valence-corrected chi connectivity index (χ0v) is 13.9. The first kappa shape index (κ1) is 16.2. The highest BCUT2D eigenvalue weighted by Gasteiger charge is 2.30. The minimum absolute atomic E-state index is 0.109. The smallest absolute Gasteiger partial charge is 0.271 e. The van der Waals surface area contributed by atoms with Crippen LogP contribution in [0.2, 0.25) is 0 Å². The first-order valence-corrected chi connectivity index (χ1v) is 7.94. The Kier molecular flexibility index (Phi) is 4.93. The molecule has 1 N–H and O–H groups in total. The summed E-state index contributed by atoms with van der Waals surface area (Å²) in [6.45, 7) is 0. The summed E-state index contributed by atoms with van der Waals surface area (Å²) in [7, 11) is 1.62. The molecule has 0 bridgehead atoms. The fraction of sp³-hybridized carbons (Fsp3) is 0.294. The lowest BCUT2D eigenvalue weighted by atomic mass is 9.87. The van der Waals surface area contributed by atoms with Gasteiger partial charge in [0.05, 0.1) is 36.4 Å². The molecule has 0 unspecified atom stereocenters. The maximum absolute atomic E-state index is 12.1. The molecule has 1 aliphatic carbocycles. The lowest BCUT2D eigenvalue weighted by Gasteiger charge is -2.32. The molecule has 1 aliphatic rings. The number of isothiocyanates is 1. The Hall–Kier alpha value is -2.63. The van der Waals surface area contributed by atoms with Crippen molar-refractivity contribution in [3.05, 3.63) is 42.4 Å². The Morgan fingerprint density at radius 2 is 2.04 bits per heavy atom. The molecule has 24 heavy (non-hydrogen) atoms. The highest BCUT2D eigenvalue weighted by Crippen LogP contribution is 2.23. The van der Waals surface area contributed by atoms with Crippen molar-refractivity contribution in [2.45, 2.75) is 24.9 Å². The number of methoxy groups -OCH3 is 1. The fourth-order valence-electron chi connectivity index (χ4n) is 2.50. The van der Waals surface area contributed by atoms with Crippen LogP contribution >= 0.6 is 12.2 Å². The van der Waals surface area contributed by atoms with Crippen LogP contribution in [0.4, 0.5) is 0 Å². The number of benzene rings is 1. The van der Waals surface area contributed by atoms with Gasteiger partial charge in [-0.2, -0.15) is 0 Å². The molecule has 1 amide bonds. The summed E-state index contributed by atoms with van der Waals surface area (Å²) in [5.41, 5.74) is 1.91. The molecule has 1 aromatic heterocycles. The van der Waals surface area contributed by atoms with E-state index >= 15 is 0 Å². The van der Waals surface area contributed by atoms with Gasteiger partial charge in [0.2, 0.25) is 0 Å². The summed E-state index contributed by atoms with van der Waals surface area (Å²) in [6, 6.07) is 7.79. The van der Waals surface area contributed by atoms with E-state index < -0.39 is 0 Å². The molecule has 6 nitrogen and oxygen atoms in total. The molecule has 122 valence electrons. The summed E-state index contributed by atoms with van der Waals surface area (Å²) in [4.78, 5) is 24.7. The van der Waals surface area contributed by atoms with Crippen molar-refractivity contribution in [2.75, 3.05) is 7.11 Å². The Labute approximate surface area is 145 Å². The number of aliphatic imine (C=N–C) groups is 1. The van der Waals surface area contributed by atoms with E-state index in [0.717, 1.165) is 24.2 Å². The number of ether oxygens (including phenoxy) is 1. The minimum Gasteiger partial charge on any atom is -0.497 e. The summed E-state index contributed by atoms with van der Waals surface area (Å²) >= 11 is 4.57. The molecule has 1 heterocycles. The van der Waals surface area contributed by atoms with Gasteiger partial charge in [-0.3, -0.25) is 9.78 Å². The highest BCUT2D eigenvalue weighted by molar-refractivity contribution is 7.78. The Morgan fingerprint density at radius 1 is 1.29 bits per heavy atom. The number of nitrogens with zero attached hydrogens (tertiary/aromatic N) is 3. The monoisotopic (exact) mass is 340 g/mol. The van der Waals surface area contributed by atoms with E-state index in [1.807, 2.05) is 24.3 Å². The third-order valence-electron chi connectivity index (χ3n) is 3.95. The quantitative estimate of drug-likeness (QED) is 0.668. The van der Waals surface area contributed by atoms with Crippen LogP contribution in [-0.4, -0.2) is 40.2 Å². The number of carbonyl (C=O) groups excluding carboxylic acids is 1. The molecule has 2 aromatic rings. The largest absolute Gasteiger partial charge is 0.497 e. The Bertz CT molecular complexity index is 764. The molecule has 7 heteroatoms. The van der Waals surface area contributed by atoms with Crippen molar-refractivity contribution in [2.24, 2.45) is 4.99 Å². The Balaban J connectivity index is 1.61. The van der Waals surface area contributed by atoms with Crippen LogP contribution < -0.4 is 10.1 Å². The van der Waals surface area contributed by atoms with Crippen molar-refractivity contribution < 1.29 is 9.53 Å². The van der Waals surface area contributed by atoms with Gasteiger partial charge in [-0.15, -0.1) is 0 Å². The third kappa shape index (κ3) is 3.64. The topological polar surface area (TPSA) is 76.5 Å². The maximum Gasteiger partial charge on any atom is 0.271 e. The van der Waals surface area contributed by atoms with Gasteiger partial charge in [0, 0.05) is 11.6 Å². The van der Waals surface area contributed by atoms with Crippen molar-refractivity contribution >= 4 is 23.3 Å². The van der Waals surface area contributed by atoms with Gasteiger partial charge in [0.25, 0.3) is 5.91 Å². The van der Waals surface area contributed by atoms with Crippen LogP contribution in [0.15, 0.2) is 41.7 Å². The van der Waals surface area contributed by atoms with E-state index in [1.165, 1.54) is 6.20 Å². The average Bonchev–Trinajstić information content (AvgIpc) is 2.60. The van der Waals surface area contributed by atoms with E-state index in [4.69, 9.17) is 4.74 Å². The van der Waals surface area contributed by atoms with Crippen LogP contribution in [-0.2, 0) is 0 Å². The second-order valence-corrected chi connectivity index (χ2v) is 5.71. The van der Waals surface area contributed by atoms with Crippen molar-refractivity contribution in [3.8, 4) is 17.0 Å². The highest BCUT2D eigenvalue weighted by atomic mass is 32.1. The van der Waals surface area contributed by atoms with E-state index in [9.17, 15) is 4.79 Å². The third-order valence-corrected chi connectivity index (χ3v) is 4.06. The van der Waals surface area contributed by atoms with Gasteiger partial charge in [-0.1, -0.05) is 0 Å². The number of amides is 1. The number of hydrogen-bond acceptors (Lipinski definition) is 6. The normalized spacial score (nSPS) is 18.9. The second-order valence-electron chi connectivity index (χ2n) is 5.53. The van der Waals surface area contributed by atoms with E-state index in [-0.39, 0.29) is 18.0 Å². The molecule has 1 fully saturated rings. The standard InChI is InChI=1S/C17H16N4O2S/c1-23-14-4-2-11(3-5-14)15-8-19-16(9-18-15)17(22)21-13-6-12(7-13)20-10-24/h2-5,8-9,12-13H,6-7H2,1H3,(H,21,22). The lowest BCUT2D eigenvalue weighted by molar-refractivity contribution is 0.0905. The van der Waals surface area contributed by atoms with Crippen molar-refractivity contribution in [1.29, 1.82) is 0 Å². The number of carbonyl (C=O) groups is 1. The minimum atomic E-state index is -0.224. The molecule has 0 aliphatic heterocycles. The van der Waals surface area contributed by atoms with Crippen LogP contribution in [0.3, 0.4) is 0 Å². The molecule has 0 radical (unpaired) electrons. The molecule has 0 spiro atoms. The lowest BCUT2D eigenvalue weighted by Crippen LogP contribution is -2.46. The number of thiocarbonyl (C=S) groups is 1. The van der Waals surface area contributed by atoms with Gasteiger partial charge in [0.15, 0.2) is 0 Å². The van der Waals surface area contributed by atoms with Gasteiger partial charge in [-0.05, 0) is 49.3 Å². The van der Waals surface area contributed by atoms with Gasteiger partial charge < -0.3 is 10.1 Å². The predicted octanol–water partition coefficient (Wildman–Crippen LogP) is 2.52. The molecule has 3 rings (SSSR count). The van der Waals surface area contributed by atoms with E-state index in [1.54, 1.807) is 13.3 Å². The molecular weight excluding hydrogens is 324 g/mol. The van der Waals surface area contributed by atoms with E-state index in [2.05, 4.69) is 37.7 Å². The van der Waals surface area contributed by atoms with Gasteiger partial charge in [0.1, 0.15) is 11.4 Å². The maximum atomic E-state index is 12.1. The number of aromatic nitrogens is 2. The van der Waals surface area contributed by atoms with Crippen LogP contribution in [0.25, 0.3) is 11.3 Å². The fourth-order valence-corrected chi connectivity index (χ4v) is 2.65. The summed E-state index contributed by atoms with van der Waals surface area (Å²) in [5.74, 6) is 0.554. The van der Waals surface area contributed by atoms with Crippen LogP contribution in [0, 0.1) is 0 Å². The van der Waals surface area contributed by atoms with Crippen molar-refractivity contribution in [3.63, 3.8) is 0 Å². The molecule has 1 saturated carbocycles. The van der Waals surface area contributed by atoms with Gasteiger partial charge in [-0.25, -0.2) is 9.98 Å². The first-order valence-electron chi connectivity index (χ1n) is 7.54. The molecule has 1 aromatic carbocycles. The second kappa shape index (κ2) is 7.29. The number of hydrogen-bond donors (Lipinski definition) is 1. The molecular formula is C17H16N4O2S. The Morgan fingerprint density at radius 3 is 2.62 bits per heavy atom. The first-order chi connectivity index (χ1) is 11.7. The number of nitrogens with one attached hydrogen (secondary N) is 1. The SMILES string of the molecule is COc1ccc(-c2cnc(C(=O)NC3CC(N=C=S)C3)cn2)cc1. The molecule has 0 atom stereocenters. The van der Waals surface area contributed by atoms with E-state index in [0.29, 0.717) is 11.4 Å². The zero-order valence-electron chi connectivity index (χ0n) is 13.1. The number of rotatable bonds is 5. The van der Waals surface area contributed by atoms with Crippen LogP contribution in [0.1, 0.15) is 23.3 Å². The average molecular weight is 340 g/mol. The summed E-state index contributed by atoms with van der Waals surface area (Å²) < 4.78 is 5.13. The predicted molar refractivity (Wildman–Crippen MR) is 93.3 cm³/mol. The molecule has 0 saturated heterocycles. The summed E-state index contributed by atoms with van der Waals surface area (Å²) in [5, 5.41) is 5.29. The zero-order chi connectivity index (χ0) is 16.9. The van der Waals surface area contributed by atoms with Crippen molar-refractivity contribution in [1.82, 2.24) is 15.3 Å². The van der Waals surface area contributed by atoms with Gasteiger partial charge >= 0.3 is 0 Å². The van der Waals surface area contributed by atoms with Crippen LogP contribution in [0.5, 0.6) is 5.75 Å².